The molecule has 1 aromatic rings. The lowest BCUT2D eigenvalue weighted by Crippen LogP contribution is -2.07. The molecule has 0 saturated heterocycles. The second-order valence-electron chi connectivity index (χ2n) is 4.36. The average molecular weight is 234 g/mol. The molecule has 0 fully saturated rings. The summed E-state index contributed by atoms with van der Waals surface area (Å²) in [4.78, 5) is 13.3. The largest absolute Gasteiger partial charge is 0.294 e. The number of Topliss-reactive ketones (excluding diaryl/α,β-unsaturated/α-hetero) is 1. The highest BCUT2D eigenvalue weighted by Crippen LogP contribution is 2.20. The van der Waals surface area contributed by atoms with Gasteiger partial charge in [-0.15, -0.1) is 11.3 Å². The Hall–Kier alpha value is -0.890. The Kier molecular flexibility index (Phi) is 4.34. The summed E-state index contributed by atoms with van der Waals surface area (Å²) >= 11 is 1.68. The Morgan fingerprint density at radius 1 is 1.25 bits per heavy atom. The van der Waals surface area contributed by atoms with Crippen LogP contribution in [0.2, 0.25) is 0 Å². The molecule has 0 aromatic carbocycles. The van der Waals surface area contributed by atoms with Crippen LogP contribution >= 0.6 is 11.3 Å². The van der Waals surface area contributed by atoms with Crippen LogP contribution in [0.5, 0.6) is 0 Å². The normalized spacial score (nSPS) is 20.6. The van der Waals surface area contributed by atoms with Crippen molar-refractivity contribution in [1.82, 2.24) is 0 Å². The SMILES string of the molecule is O=C(Cc1cccs1)/C1=C/CCCCCC1. The van der Waals surface area contributed by atoms with Crippen LogP contribution in [0.4, 0.5) is 0 Å². The van der Waals surface area contributed by atoms with Crippen molar-refractivity contribution >= 4 is 17.1 Å². The molecule has 86 valence electrons. The van der Waals surface area contributed by atoms with Crippen molar-refractivity contribution in [2.75, 3.05) is 0 Å². The maximum atomic E-state index is 12.1. The number of allylic oxidation sites excluding steroid dienone is 2. The summed E-state index contributed by atoms with van der Waals surface area (Å²) in [5, 5.41) is 2.04. The van der Waals surface area contributed by atoms with Crippen LogP contribution in [-0.4, -0.2) is 5.78 Å². The molecule has 0 aliphatic heterocycles. The maximum absolute atomic E-state index is 12.1. The van der Waals surface area contributed by atoms with Crippen LogP contribution in [0, 0.1) is 0 Å². The Morgan fingerprint density at radius 3 is 2.94 bits per heavy atom. The summed E-state index contributed by atoms with van der Waals surface area (Å²) in [7, 11) is 0. The van der Waals surface area contributed by atoms with Crippen LogP contribution < -0.4 is 0 Å². The van der Waals surface area contributed by atoms with Gasteiger partial charge in [0.05, 0.1) is 0 Å². The highest BCUT2D eigenvalue weighted by Gasteiger charge is 2.11. The molecule has 0 N–H and O–H groups in total. The van der Waals surface area contributed by atoms with E-state index in [0.717, 1.165) is 18.4 Å². The summed E-state index contributed by atoms with van der Waals surface area (Å²) in [6.07, 6.45) is 9.89. The first kappa shape index (κ1) is 11.6. The van der Waals surface area contributed by atoms with E-state index in [1.54, 1.807) is 11.3 Å². The molecule has 1 aromatic heterocycles. The van der Waals surface area contributed by atoms with Gasteiger partial charge in [-0.2, -0.15) is 0 Å². The van der Waals surface area contributed by atoms with Crippen LogP contribution in [0.1, 0.15) is 43.4 Å². The molecular weight excluding hydrogens is 216 g/mol. The van der Waals surface area contributed by atoms with E-state index in [9.17, 15) is 4.79 Å². The fraction of sp³-hybridized carbons (Fsp3) is 0.500. The molecule has 2 heteroatoms. The molecule has 1 nitrogen and oxygen atoms in total. The van der Waals surface area contributed by atoms with Crippen molar-refractivity contribution in [2.24, 2.45) is 0 Å². The maximum Gasteiger partial charge on any atom is 0.163 e. The van der Waals surface area contributed by atoms with Gasteiger partial charge in [-0.1, -0.05) is 25.0 Å². The zero-order valence-electron chi connectivity index (χ0n) is 9.58. The third-order valence-corrected chi connectivity index (χ3v) is 3.94. The van der Waals surface area contributed by atoms with Crippen molar-refractivity contribution in [3.63, 3.8) is 0 Å². The van der Waals surface area contributed by atoms with Crippen LogP contribution in [0.25, 0.3) is 0 Å². The minimum absolute atomic E-state index is 0.337. The van der Waals surface area contributed by atoms with E-state index in [2.05, 4.69) is 6.08 Å². The molecule has 0 saturated carbocycles. The predicted molar refractivity (Wildman–Crippen MR) is 68.8 cm³/mol. The number of carbonyl (C=O) groups excluding carboxylic acids is 1. The van der Waals surface area contributed by atoms with Crippen molar-refractivity contribution in [2.45, 2.75) is 44.9 Å². The molecule has 0 bridgehead atoms. The second-order valence-corrected chi connectivity index (χ2v) is 5.39. The lowest BCUT2D eigenvalue weighted by molar-refractivity contribution is -0.115. The molecule has 0 spiro atoms. The fourth-order valence-electron chi connectivity index (χ4n) is 2.13. The molecule has 1 aliphatic carbocycles. The van der Waals surface area contributed by atoms with Crippen LogP contribution in [0.15, 0.2) is 29.2 Å². The quantitative estimate of drug-likeness (QED) is 0.768. The summed E-state index contributed by atoms with van der Waals surface area (Å²) < 4.78 is 0. The lowest BCUT2D eigenvalue weighted by Gasteiger charge is -2.09. The van der Waals surface area contributed by atoms with E-state index < -0.39 is 0 Å². The second kappa shape index (κ2) is 6.00. The smallest absolute Gasteiger partial charge is 0.163 e. The molecular formula is C14H18OS. The molecule has 2 rings (SSSR count). The molecule has 0 amide bonds. The summed E-state index contributed by atoms with van der Waals surface area (Å²) in [6.45, 7) is 0. The van der Waals surface area contributed by atoms with E-state index in [-0.39, 0.29) is 0 Å². The first-order valence-electron chi connectivity index (χ1n) is 6.11. The highest BCUT2D eigenvalue weighted by molar-refractivity contribution is 7.10. The molecule has 0 atom stereocenters. The van der Waals surface area contributed by atoms with Crippen molar-refractivity contribution in [3.05, 3.63) is 34.0 Å². The Bertz CT molecular complexity index is 362. The van der Waals surface area contributed by atoms with Gasteiger partial charge in [0.15, 0.2) is 5.78 Å². The zero-order chi connectivity index (χ0) is 11.2. The third-order valence-electron chi connectivity index (χ3n) is 3.06. The standard InChI is InChI=1S/C14H18OS/c15-14(11-13-9-6-10-16-13)12-7-4-2-1-3-5-8-12/h6-7,9-10H,1-5,8,11H2/b12-7+. The predicted octanol–water partition coefficient (Wildman–Crippen LogP) is 4.14. The van der Waals surface area contributed by atoms with Gasteiger partial charge in [0.1, 0.15) is 0 Å². The minimum Gasteiger partial charge on any atom is -0.294 e. The molecule has 16 heavy (non-hydrogen) atoms. The van der Waals surface area contributed by atoms with Crippen molar-refractivity contribution in [1.29, 1.82) is 0 Å². The van der Waals surface area contributed by atoms with E-state index >= 15 is 0 Å². The first-order chi connectivity index (χ1) is 7.86. The van der Waals surface area contributed by atoms with Gasteiger partial charge < -0.3 is 0 Å². The topological polar surface area (TPSA) is 17.1 Å². The zero-order valence-corrected chi connectivity index (χ0v) is 10.4. The number of hydrogen-bond donors (Lipinski definition) is 0. The van der Waals surface area contributed by atoms with Gasteiger partial charge in [-0.3, -0.25) is 4.79 Å². The van der Waals surface area contributed by atoms with E-state index in [4.69, 9.17) is 0 Å². The van der Waals surface area contributed by atoms with Crippen molar-refractivity contribution < 1.29 is 4.79 Å². The number of hydrogen-bond acceptors (Lipinski definition) is 2. The molecule has 0 unspecified atom stereocenters. The summed E-state index contributed by atoms with van der Waals surface area (Å²) in [5.74, 6) is 0.337. The van der Waals surface area contributed by atoms with Gasteiger partial charge in [0.25, 0.3) is 0 Å². The number of thiophene rings is 1. The first-order valence-corrected chi connectivity index (χ1v) is 6.99. The molecule has 1 heterocycles. The Morgan fingerprint density at radius 2 is 2.12 bits per heavy atom. The van der Waals surface area contributed by atoms with Gasteiger partial charge in [0, 0.05) is 11.3 Å². The van der Waals surface area contributed by atoms with Gasteiger partial charge in [-0.25, -0.2) is 0 Å². The average Bonchev–Trinajstić information content (AvgIpc) is 2.69. The number of carbonyl (C=O) groups is 1. The van der Waals surface area contributed by atoms with Gasteiger partial charge in [-0.05, 0) is 42.7 Å². The minimum atomic E-state index is 0.337. The summed E-state index contributed by atoms with van der Waals surface area (Å²) in [5.41, 5.74) is 1.08. The van der Waals surface area contributed by atoms with Gasteiger partial charge >= 0.3 is 0 Å². The lowest BCUT2D eigenvalue weighted by atomic mass is 9.96. The fourth-order valence-corrected chi connectivity index (χ4v) is 2.83. The van der Waals surface area contributed by atoms with Crippen LogP contribution in [-0.2, 0) is 11.2 Å². The number of ketones is 1. The molecule has 1 aliphatic rings. The van der Waals surface area contributed by atoms with E-state index in [0.29, 0.717) is 12.2 Å². The van der Waals surface area contributed by atoms with Crippen molar-refractivity contribution in [3.8, 4) is 0 Å². The Labute approximate surface area is 101 Å². The Balaban J connectivity index is 1.97. The third kappa shape index (κ3) is 3.31. The monoisotopic (exact) mass is 234 g/mol. The van der Waals surface area contributed by atoms with Gasteiger partial charge in [0.2, 0.25) is 0 Å². The van der Waals surface area contributed by atoms with Crippen LogP contribution in [0.3, 0.4) is 0 Å². The van der Waals surface area contributed by atoms with E-state index in [1.165, 1.54) is 30.6 Å². The number of rotatable bonds is 3. The summed E-state index contributed by atoms with van der Waals surface area (Å²) in [6, 6.07) is 4.06. The highest BCUT2D eigenvalue weighted by atomic mass is 32.1. The van der Waals surface area contributed by atoms with E-state index in [1.807, 2.05) is 17.5 Å². The molecule has 0 radical (unpaired) electrons.